The van der Waals surface area contributed by atoms with E-state index in [1.165, 1.54) is 4.90 Å². The van der Waals surface area contributed by atoms with Crippen molar-refractivity contribution >= 4 is 23.5 Å². The fourth-order valence-electron chi connectivity index (χ4n) is 2.54. The molecular weight excluding hydrogens is 326 g/mol. The normalized spacial score (nSPS) is 19.8. The molecule has 1 saturated heterocycles. The molecule has 1 aromatic carbocycles. The van der Waals surface area contributed by atoms with Crippen LogP contribution in [0.3, 0.4) is 0 Å². The van der Waals surface area contributed by atoms with Crippen LogP contribution < -0.4 is 15.5 Å². The summed E-state index contributed by atoms with van der Waals surface area (Å²) in [4.78, 5) is 37.5. The molecule has 3 atom stereocenters. The van der Waals surface area contributed by atoms with Crippen LogP contribution in [0, 0.1) is 0 Å². The minimum Gasteiger partial charge on any atom is -0.480 e. The van der Waals surface area contributed by atoms with Gasteiger partial charge in [0.05, 0.1) is 0 Å². The lowest BCUT2D eigenvalue weighted by atomic mass is 10.1. The highest BCUT2D eigenvalue weighted by atomic mass is 16.5. The molecule has 0 radical (unpaired) electrons. The maximum Gasteiger partial charge on any atom is 0.322 e. The lowest BCUT2D eigenvalue weighted by Gasteiger charge is -2.28. The van der Waals surface area contributed by atoms with E-state index < -0.39 is 30.0 Å². The van der Waals surface area contributed by atoms with Gasteiger partial charge in [-0.05, 0) is 25.5 Å². The Morgan fingerprint density at radius 3 is 2.52 bits per heavy atom. The van der Waals surface area contributed by atoms with Crippen LogP contribution in [0.1, 0.15) is 13.3 Å². The average Bonchev–Trinajstić information content (AvgIpc) is 3.40. The van der Waals surface area contributed by atoms with E-state index in [2.05, 4.69) is 10.6 Å². The molecule has 8 heteroatoms. The minimum absolute atomic E-state index is 0.305. The summed E-state index contributed by atoms with van der Waals surface area (Å²) in [7, 11) is 1.59. The summed E-state index contributed by atoms with van der Waals surface area (Å²) in [6.45, 7) is 2.59. The Morgan fingerprint density at radius 2 is 1.96 bits per heavy atom. The van der Waals surface area contributed by atoms with Crippen LogP contribution in [-0.2, 0) is 19.1 Å². The summed E-state index contributed by atoms with van der Waals surface area (Å²) in [6.07, 6.45) is 0.666. The molecule has 1 aliphatic rings. The van der Waals surface area contributed by atoms with E-state index >= 15 is 0 Å². The molecule has 0 bridgehead atoms. The summed E-state index contributed by atoms with van der Waals surface area (Å²) in [5.74, 6) is -1.82. The van der Waals surface area contributed by atoms with Gasteiger partial charge < -0.3 is 15.2 Å². The number of methoxy groups -OCH3 is 1. The molecule has 0 aliphatic carbocycles. The van der Waals surface area contributed by atoms with Gasteiger partial charge in [-0.2, -0.15) is 0 Å². The number of amides is 2. The fourth-order valence-corrected chi connectivity index (χ4v) is 2.54. The highest BCUT2D eigenvalue weighted by Gasteiger charge is 2.50. The monoisotopic (exact) mass is 349 g/mol. The number of hydrogen-bond donors (Lipinski definition) is 3. The topological polar surface area (TPSA) is 118 Å². The molecule has 1 heterocycles. The molecule has 3 N–H and O–H groups in total. The quantitative estimate of drug-likeness (QED) is 0.426. The van der Waals surface area contributed by atoms with E-state index in [4.69, 9.17) is 9.84 Å². The standard InChI is InChI=1S/C17H23N3O5/c1-11(15(21)18-9-6-10-25-2)20(12-7-4-3-5-8-12)16(22)13-14(19-13)17(23)24/h3-5,7-8,11,13-14,19H,6,9-10H2,1-2H3,(H,18,21)(H,23,24)/t11-,13+,14+/m0/s1. The van der Waals surface area contributed by atoms with Crippen LogP contribution in [-0.4, -0.2) is 61.3 Å². The predicted molar refractivity (Wildman–Crippen MR) is 91.2 cm³/mol. The first-order chi connectivity index (χ1) is 12.0. The van der Waals surface area contributed by atoms with Crippen LogP contribution in [0.25, 0.3) is 0 Å². The van der Waals surface area contributed by atoms with Crippen molar-refractivity contribution in [1.82, 2.24) is 10.6 Å². The van der Waals surface area contributed by atoms with Gasteiger partial charge in [0.2, 0.25) is 11.8 Å². The fraction of sp³-hybridized carbons (Fsp3) is 0.471. The Bertz CT molecular complexity index is 622. The zero-order valence-corrected chi connectivity index (χ0v) is 14.3. The van der Waals surface area contributed by atoms with Gasteiger partial charge in [-0.3, -0.25) is 24.6 Å². The Kier molecular flexibility index (Phi) is 6.49. The molecule has 1 fully saturated rings. The third-order valence-corrected chi connectivity index (χ3v) is 3.98. The number of para-hydroxylation sites is 1. The number of hydrogen-bond acceptors (Lipinski definition) is 5. The van der Waals surface area contributed by atoms with E-state index in [0.717, 1.165) is 0 Å². The number of carboxylic acid groups (broad SMARTS) is 1. The summed E-state index contributed by atoms with van der Waals surface area (Å²) < 4.78 is 4.93. The van der Waals surface area contributed by atoms with Crippen molar-refractivity contribution < 1.29 is 24.2 Å². The summed E-state index contributed by atoms with van der Waals surface area (Å²) in [6, 6.07) is 6.25. The number of aliphatic carboxylic acids is 1. The number of nitrogens with zero attached hydrogens (tertiary/aromatic N) is 1. The van der Waals surface area contributed by atoms with Gasteiger partial charge in [0.25, 0.3) is 0 Å². The molecule has 2 amide bonds. The summed E-state index contributed by atoms with van der Waals surface area (Å²) in [5, 5.41) is 14.4. The second-order valence-electron chi connectivity index (χ2n) is 5.82. The smallest absolute Gasteiger partial charge is 0.322 e. The number of ether oxygens (including phenoxy) is 1. The van der Waals surface area contributed by atoms with Gasteiger partial charge >= 0.3 is 5.97 Å². The van der Waals surface area contributed by atoms with E-state index in [1.807, 2.05) is 0 Å². The van der Waals surface area contributed by atoms with Crippen LogP contribution in [0.15, 0.2) is 30.3 Å². The third-order valence-electron chi connectivity index (χ3n) is 3.98. The molecule has 0 spiro atoms. The van der Waals surface area contributed by atoms with Crippen molar-refractivity contribution in [3.8, 4) is 0 Å². The van der Waals surface area contributed by atoms with Crippen LogP contribution >= 0.6 is 0 Å². The number of benzene rings is 1. The SMILES string of the molecule is COCCCNC(=O)[C@H](C)N(C(=O)[C@@H]1N[C@H]1C(=O)O)c1ccccc1. The average molecular weight is 349 g/mol. The summed E-state index contributed by atoms with van der Waals surface area (Å²) in [5.41, 5.74) is 0.546. The second kappa shape index (κ2) is 8.59. The maximum atomic E-state index is 12.7. The Hall–Kier alpha value is -2.45. The number of rotatable bonds is 9. The van der Waals surface area contributed by atoms with Crippen molar-refractivity contribution in [2.24, 2.45) is 0 Å². The van der Waals surface area contributed by atoms with Crippen molar-refractivity contribution in [2.45, 2.75) is 31.5 Å². The molecule has 2 rings (SSSR count). The van der Waals surface area contributed by atoms with Gasteiger partial charge in [0.15, 0.2) is 0 Å². The predicted octanol–water partition coefficient (Wildman–Crippen LogP) is -0.0142. The molecule has 0 aromatic heterocycles. The lowest BCUT2D eigenvalue weighted by Crippen LogP contribution is -2.50. The van der Waals surface area contributed by atoms with E-state index in [9.17, 15) is 14.4 Å². The van der Waals surface area contributed by atoms with Gasteiger partial charge in [0, 0.05) is 25.9 Å². The van der Waals surface area contributed by atoms with Crippen LogP contribution in [0.4, 0.5) is 5.69 Å². The number of carboxylic acids is 1. The largest absolute Gasteiger partial charge is 0.480 e. The number of carbonyl (C=O) groups is 3. The van der Waals surface area contributed by atoms with Gasteiger partial charge in [-0.1, -0.05) is 18.2 Å². The molecule has 0 saturated carbocycles. The zero-order valence-electron chi connectivity index (χ0n) is 14.3. The van der Waals surface area contributed by atoms with Gasteiger partial charge in [-0.15, -0.1) is 0 Å². The number of anilines is 1. The molecule has 136 valence electrons. The zero-order chi connectivity index (χ0) is 18.4. The molecule has 1 aromatic rings. The van der Waals surface area contributed by atoms with Crippen LogP contribution in [0.2, 0.25) is 0 Å². The Morgan fingerprint density at radius 1 is 1.28 bits per heavy atom. The molecule has 8 nitrogen and oxygen atoms in total. The molecule has 1 aliphatic heterocycles. The first kappa shape index (κ1) is 18.9. The van der Waals surface area contributed by atoms with Crippen molar-refractivity contribution in [1.29, 1.82) is 0 Å². The summed E-state index contributed by atoms with van der Waals surface area (Å²) >= 11 is 0. The Labute approximate surface area is 146 Å². The Balaban J connectivity index is 2.11. The maximum absolute atomic E-state index is 12.7. The van der Waals surface area contributed by atoms with Crippen LogP contribution in [0.5, 0.6) is 0 Å². The number of nitrogens with one attached hydrogen (secondary N) is 2. The molecule has 0 unspecified atom stereocenters. The minimum atomic E-state index is -1.08. The van der Waals surface area contributed by atoms with Crippen molar-refractivity contribution in [3.05, 3.63) is 30.3 Å². The first-order valence-electron chi connectivity index (χ1n) is 8.11. The third kappa shape index (κ3) is 4.77. The van der Waals surface area contributed by atoms with E-state index in [-0.39, 0.29) is 5.91 Å². The van der Waals surface area contributed by atoms with E-state index in [1.54, 1.807) is 44.4 Å². The van der Waals surface area contributed by atoms with Gasteiger partial charge in [0.1, 0.15) is 18.1 Å². The van der Waals surface area contributed by atoms with Crippen molar-refractivity contribution in [3.63, 3.8) is 0 Å². The highest BCUT2D eigenvalue weighted by Crippen LogP contribution is 2.23. The van der Waals surface area contributed by atoms with Crippen molar-refractivity contribution in [2.75, 3.05) is 25.2 Å². The molecular formula is C17H23N3O5. The van der Waals surface area contributed by atoms with Gasteiger partial charge in [-0.25, -0.2) is 0 Å². The number of carbonyl (C=O) groups excluding carboxylic acids is 2. The lowest BCUT2D eigenvalue weighted by molar-refractivity contribution is -0.137. The first-order valence-corrected chi connectivity index (χ1v) is 8.11. The second-order valence-corrected chi connectivity index (χ2v) is 5.82. The molecule has 25 heavy (non-hydrogen) atoms. The highest BCUT2D eigenvalue weighted by molar-refractivity contribution is 6.07. The van der Waals surface area contributed by atoms with E-state index in [0.29, 0.717) is 25.3 Å².